The SMILES string of the molecule is COC(C)C(=O)Nc1nc2c(s1)CNCC2. The topological polar surface area (TPSA) is 63.2 Å². The first-order valence-corrected chi connectivity index (χ1v) is 6.05. The van der Waals surface area contributed by atoms with Crippen LogP contribution in [0.4, 0.5) is 5.13 Å². The summed E-state index contributed by atoms with van der Waals surface area (Å²) in [6, 6.07) is 0. The number of methoxy groups -OCH3 is 1. The number of nitrogens with one attached hydrogen (secondary N) is 2. The van der Waals surface area contributed by atoms with Crippen molar-refractivity contribution in [2.45, 2.75) is 26.0 Å². The predicted octanol–water partition coefficient (Wildman–Crippen LogP) is 0.762. The summed E-state index contributed by atoms with van der Waals surface area (Å²) in [4.78, 5) is 17.2. The molecule has 1 aliphatic heterocycles. The molecular formula is C10H15N3O2S. The minimum absolute atomic E-state index is 0.151. The van der Waals surface area contributed by atoms with Crippen molar-refractivity contribution in [2.75, 3.05) is 19.0 Å². The van der Waals surface area contributed by atoms with Gasteiger partial charge in [0.15, 0.2) is 5.13 Å². The van der Waals surface area contributed by atoms with Gasteiger partial charge in [-0.15, -0.1) is 11.3 Å². The van der Waals surface area contributed by atoms with E-state index in [9.17, 15) is 4.79 Å². The Bertz CT molecular complexity index is 368. The summed E-state index contributed by atoms with van der Waals surface area (Å²) in [6.45, 7) is 3.52. The van der Waals surface area contributed by atoms with Crippen molar-refractivity contribution in [3.05, 3.63) is 10.6 Å². The maximum atomic E-state index is 11.6. The molecule has 6 heteroatoms. The van der Waals surface area contributed by atoms with Gasteiger partial charge in [-0.1, -0.05) is 0 Å². The van der Waals surface area contributed by atoms with Gasteiger partial charge in [-0.25, -0.2) is 4.98 Å². The van der Waals surface area contributed by atoms with E-state index in [-0.39, 0.29) is 5.91 Å². The van der Waals surface area contributed by atoms with Crippen LogP contribution in [0.25, 0.3) is 0 Å². The molecule has 1 amide bonds. The number of fused-ring (bicyclic) bond motifs is 1. The van der Waals surface area contributed by atoms with E-state index in [1.165, 1.54) is 23.3 Å². The summed E-state index contributed by atoms with van der Waals surface area (Å²) < 4.78 is 4.94. The molecule has 2 heterocycles. The molecule has 0 spiro atoms. The van der Waals surface area contributed by atoms with Crippen molar-refractivity contribution >= 4 is 22.4 Å². The molecule has 1 aromatic heterocycles. The molecule has 0 bridgehead atoms. The van der Waals surface area contributed by atoms with E-state index < -0.39 is 6.10 Å². The number of thiazole rings is 1. The Morgan fingerprint density at radius 2 is 2.50 bits per heavy atom. The average Bonchev–Trinajstić information content (AvgIpc) is 2.69. The molecule has 16 heavy (non-hydrogen) atoms. The number of hydrogen-bond acceptors (Lipinski definition) is 5. The molecule has 5 nitrogen and oxygen atoms in total. The molecule has 0 fully saturated rings. The van der Waals surface area contributed by atoms with Crippen molar-refractivity contribution in [3.63, 3.8) is 0 Å². The quantitative estimate of drug-likeness (QED) is 0.820. The summed E-state index contributed by atoms with van der Waals surface area (Å²) in [7, 11) is 1.51. The highest BCUT2D eigenvalue weighted by Crippen LogP contribution is 2.25. The zero-order valence-electron chi connectivity index (χ0n) is 9.37. The lowest BCUT2D eigenvalue weighted by Gasteiger charge is -2.09. The Morgan fingerprint density at radius 1 is 1.69 bits per heavy atom. The van der Waals surface area contributed by atoms with E-state index in [4.69, 9.17) is 4.74 Å². The largest absolute Gasteiger partial charge is 0.372 e. The second-order valence-electron chi connectivity index (χ2n) is 3.68. The maximum Gasteiger partial charge on any atom is 0.254 e. The molecule has 2 rings (SSSR count). The third-order valence-corrected chi connectivity index (χ3v) is 3.57. The number of carbonyl (C=O) groups is 1. The number of amides is 1. The second kappa shape index (κ2) is 4.90. The van der Waals surface area contributed by atoms with Gasteiger partial charge in [0.1, 0.15) is 6.10 Å². The van der Waals surface area contributed by atoms with Gasteiger partial charge >= 0.3 is 0 Å². The maximum absolute atomic E-state index is 11.6. The van der Waals surface area contributed by atoms with Crippen LogP contribution in [0.2, 0.25) is 0 Å². The number of ether oxygens (including phenoxy) is 1. The van der Waals surface area contributed by atoms with Gasteiger partial charge in [-0.05, 0) is 6.92 Å². The normalized spacial score (nSPS) is 16.6. The lowest BCUT2D eigenvalue weighted by Crippen LogP contribution is -2.26. The van der Waals surface area contributed by atoms with Crippen molar-refractivity contribution in [3.8, 4) is 0 Å². The summed E-state index contributed by atoms with van der Waals surface area (Å²) in [5, 5.41) is 6.71. The molecule has 88 valence electrons. The minimum Gasteiger partial charge on any atom is -0.372 e. The Morgan fingerprint density at radius 3 is 3.19 bits per heavy atom. The van der Waals surface area contributed by atoms with Gasteiger partial charge in [0.2, 0.25) is 0 Å². The molecule has 1 aromatic rings. The van der Waals surface area contributed by atoms with Crippen molar-refractivity contribution in [1.82, 2.24) is 10.3 Å². The van der Waals surface area contributed by atoms with Gasteiger partial charge < -0.3 is 10.1 Å². The van der Waals surface area contributed by atoms with Crippen LogP contribution in [0.15, 0.2) is 0 Å². The molecule has 0 aromatic carbocycles. The molecule has 1 atom stereocenters. The zero-order valence-corrected chi connectivity index (χ0v) is 10.2. The number of rotatable bonds is 3. The van der Waals surface area contributed by atoms with Crippen LogP contribution in [0, 0.1) is 0 Å². The Labute approximate surface area is 98.2 Å². The number of aromatic nitrogens is 1. The van der Waals surface area contributed by atoms with Crippen LogP contribution in [0.5, 0.6) is 0 Å². The van der Waals surface area contributed by atoms with Crippen molar-refractivity contribution < 1.29 is 9.53 Å². The van der Waals surface area contributed by atoms with Gasteiger partial charge in [-0.3, -0.25) is 10.1 Å². The smallest absolute Gasteiger partial charge is 0.254 e. The fourth-order valence-electron chi connectivity index (χ4n) is 1.49. The highest BCUT2D eigenvalue weighted by atomic mass is 32.1. The van der Waals surface area contributed by atoms with E-state index in [1.54, 1.807) is 6.92 Å². The predicted molar refractivity (Wildman–Crippen MR) is 62.6 cm³/mol. The summed E-state index contributed by atoms with van der Waals surface area (Å²) in [5.74, 6) is -0.151. The van der Waals surface area contributed by atoms with Crippen LogP contribution in [0.1, 0.15) is 17.5 Å². The highest BCUT2D eigenvalue weighted by molar-refractivity contribution is 7.15. The van der Waals surface area contributed by atoms with Crippen molar-refractivity contribution in [1.29, 1.82) is 0 Å². The molecule has 1 aliphatic rings. The zero-order chi connectivity index (χ0) is 11.5. The van der Waals surface area contributed by atoms with Crippen LogP contribution in [-0.2, 0) is 22.5 Å². The minimum atomic E-state index is -0.445. The fraction of sp³-hybridized carbons (Fsp3) is 0.600. The highest BCUT2D eigenvalue weighted by Gasteiger charge is 2.18. The van der Waals surface area contributed by atoms with E-state index in [1.807, 2.05) is 0 Å². The van der Waals surface area contributed by atoms with Crippen molar-refractivity contribution in [2.24, 2.45) is 0 Å². The Kier molecular flexibility index (Phi) is 3.52. The lowest BCUT2D eigenvalue weighted by molar-refractivity contribution is -0.124. The Hall–Kier alpha value is -0.980. The van der Waals surface area contributed by atoms with E-state index in [0.717, 1.165) is 25.2 Å². The van der Waals surface area contributed by atoms with Gasteiger partial charge in [0, 0.05) is 31.5 Å². The average molecular weight is 241 g/mol. The third-order valence-electron chi connectivity index (χ3n) is 2.56. The molecule has 1 unspecified atom stereocenters. The van der Waals surface area contributed by atoms with Gasteiger partial charge in [0.25, 0.3) is 5.91 Å². The summed E-state index contributed by atoms with van der Waals surface area (Å²) in [6.07, 6.45) is 0.487. The fourth-order valence-corrected chi connectivity index (χ4v) is 2.47. The van der Waals surface area contributed by atoms with Crippen LogP contribution < -0.4 is 10.6 Å². The lowest BCUT2D eigenvalue weighted by atomic mass is 10.2. The first-order valence-electron chi connectivity index (χ1n) is 5.23. The second-order valence-corrected chi connectivity index (χ2v) is 4.77. The van der Waals surface area contributed by atoms with E-state index in [2.05, 4.69) is 15.6 Å². The summed E-state index contributed by atoms with van der Waals surface area (Å²) >= 11 is 1.53. The molecule has 0 saturated heterocycles. The van der Waals surface area contributed by atoms with Gasteiger partial charge in [-0.2, -0.15) is 0 Å². The third kappa shape index (κ3) is 2.40. The number of carbonyl (C=O) groups excluding carboxylic acids is 1. The summed E-state index contributed by atoms with van der Waals surface area (Å²) in [5.41, 5.74) is 1.10. The van der Waals surface area contributed by atoms with Gasteiger partial charge in [0.05, 0.1) is 5.69 Å². The first-order chi connectivity index (χ1) is 7.70. The number of hydrogen-bond donors (Lipinski definition) is 2. The standard InChI is InChI=1S/C10H15N3O2S/c1-6(15-2)9(14)13-10-12-7-3-4-11-5-8(7)16-10/h6,11H,3-5H2,1-2H3,(H,12,13,14). The monoisotopic (exact) mass is 241 g/mol. The van der Waals surface area contributed by atoms with E-state index in [0.29, 0.717) is 5.13 Å². The first kappa shape index (κ1) is 11.5. The Balaban J connectivity index is 2.05. The molecule has 0 radical (unpaired) electrons. The number of nitrogens with zero attached hydrogens (tertiary/aromatic N) is 1. The van der Waals surface area contributed by atoms with E-state index >= 15 is 0 Å². The molecule has 2 N–H and O–H groups in total. The molecule has 0 saturated carbocycles. The van der Waals surface area contributed by atoms with Crippen LogP contribution >= 0.6 is 11.3 Å². The van der Waals surface area contributed by atoms with Crippen LogP contribution in [0.3, 0.4) is 0 Å². The molecule has 0 aliphatic carbocycles. The number of anilines is 1. The molecular weight excluding hydrogens is 226 g/mol. The van der Waals surface area contributed by atoms with Crippen LogP contribution in [-0.4, -0.2) is 30.6 Å².